The zero-order valence-corrected chi connectivity index (χ0v) is 25.0. The Morgan fingerprint density at radius 1 is 0.932 bits per heavy atom. The predicted molar refractivity (Wildman–Crippen MR) is 172 cm³/mol. The molecule has 2 heterocycles. The van der Waals surface area contributed by atoms with Crippen molar-refractivity contribution in [1.82, 2.24) is 9.88 Å². The molecule has 0 radical (unpaired) electrons. The fraction of sp³-hybridized carbons (Fsp3) is 0.243. The third-order valence-corrected chi connectivity index (χ3v) is 8.36. The monoisotopic (exact) mass is 587 g/mol. The van der Waals surface area contributed by atoms with E-state index in [0.29, 0.717) is 24.2 Å². The molecule has 224 valence electrons. The summed E-state index contributed by atoms with van der Waals surface area (Å²) in [4.78, 5) is 19.2. The topological polar surface area (TPSA) is 83.9 Å². The molecule has 1 aromatic heterocycles. The molecule has 0 unspecified atom stereocenters. The summed E-state index contributed by atoms with van der Waals surface area (Å²) in [7, 11) is 2.13. The average Bonchev–Trinajstić information content (AvgIpc) is 3.08. The van der Waals surface area contributed by atoms with Crippen molar-refractivity contribution >= 4 is 22.4 Å². The van der Waals surface area contributed by atoms with E-state index < -0.39 is 6.29 Å². The smallest absolute Gasteiger partial charge is 0.257 e. The Morgan fingerprint density at radius 2 is 1.75 bits per heavy atom. The van der Waals surface area contributed by atoms with E-state index in [-0.39, 0.29) is 30.8 Å². The van der Waals surface area contributed by atoms with Crippen LogP contribution in [0.2, 0.25) is 0 Å². The largest absolute Gasteiger partial charge is 0.392 e. The molecule has 5 aromatic rings. The minimum atomic E-state index is -0.629. The Bertz CT molecular complexity index is 1710. The molecule has 1 aliphatic heterocycles. The molecule has 7 nitrogen and oxygen atoms in total. The van der Waals surface area contributed by atoms with Gasteiger partial charge in [-0.3, -0.25) is 14.7 Å². The standard InChI is InChI=1S/C37H37N3O4/c1-25(29-17-16-27-7-3-4-8-30(27)19-29)40(2)23-34-21-35(28-14-12-26(24-41)13-15-28)44-37(43-34)31-9-5-11-33(20-31)39-36(42)32-10-6-18-38-22-32/h3-20,22,25,34-35,37,41H,21,23-24H2,1-2H3,(H,39,42)/t25-,34-,35+,37+/m1/s1. The quantitative estimate of drug-likeness (QED) is 0.190. The first-order valence-corrected chi connectivity index (χ1v) is 15.0. The van der Waals surface area contributed by atoms with Crippen molar-refractivity contribution < 1.29 is 19.4 Å². The van der Waals surface area contributed by atoms with Crippen LogP contribution in [0.25, 0.3) is 10.8 Å². The van der Waals surface area contributed by atoms with E-state index in [1.54, 1.807) is 24.5 Å². The Kier molecular flexibility index (Phi) is 9.09. The molecule has 1 fully saturated rings. The van der Waals surface area contributed by atoms with E-state index in [1.165, 1.54) is 16.3 Å². The van der Waals surface area contributed by atoms with Gasteiger partial charge in [0.25, 0.3) is 5.91 Å². The van der Waals surface area contributed by atoms with Gasteiger partial charge in [-0.25, -0.2) is 0 Å². The first-order valence-electron chi connectivity index (χ1n) is 15.0. The molecular formula is C37H37N3O4. The first kappa shape index (κ1) is 29.7. The Hall–Kier alpha value is -4.40. The average molecular weight is 588 g/mol. The second kappa shape index (κ2) is 13.5. The summed E-state index contributed by atoms with van der Waals surface area (Å²) < 4.78 is 13.2. The molecule has 0 aliphatic carbocycles. The van der Waals surface area contributed by atoms with Crippen LogP contribution in [0.5, 0.6) is 0 Å². The van der Waals surface area contributed by atoms with E-state index in [4.69, 9.17) is 9.47 Å². The molecule has 2 N–H and O–H groups in total. The van der Waals surface area contributed by atoms with Crippen LogP contribution in [0.1, 0.15) is 64.4 Å². The van der Waals surface area contributed by atoms with Gasteiger partial charge in [0.05, 0.1) is 24.4 Å². The number of nitrogens with zero attached hydrogens (tertiary/aromatic N) is 2. The van der Waals surface area contributed by atoms with Gasteiger partial charge < -0.3 is 19.9 Å². The lowest BCUT2D eigenvalue weighted by Gasteiger charge is -2.39. The third kappa shape index (κ3) is 6.87. The summed E-state index contributed by atoms with van der Waals surface area (Å²) in [6, 6.07) is 34.2. The van der Waals surface area contributed by atoms with E-state index >= 15 is 0 Å². The van der Waals surface area contributed by atoms with Crippen molar-refractivity contribution in [3.8, 4) is 0 Å². The molecule has 0 bridgehead atoms. The van der Waals surface area contributed by atoms with Gasteiger partial charge in [0, 0.05) is 42.7 Å². The predicted octanol–water partition coefficient (Wildman–Crippen LogP) is 7.22. The zero-order chi connectivity index (χ0) is 30.5. The SMILES string of the molecule is C[C@H](c1ccc2ccccc2c1)N(C)C[C@H]1C[C@@H](c2ccc(CO)cc2)O[C@@H](c2cccc(NC(=O)c3cccnc3)c2)O1. The summed E-state index contributed by atoms with van der Waals surface area (Å²) in [6.07, 6.45) is 2.91. The van der Waals surface area contributed by atoms with E-state index in [2.05, 4.69) is 71.6 Å². The van der Waals surface area contributed by atoms with Crippen molar-refractivity contribution in [3.63, 3.8) is 0 Å². The summed E-state index contributed by atoms with van der Waals surface area (Å²) in [6.45, 7) is 2.92. The van der Waals surface area contributed by atoms with Crippen LogP contribution in [0.15, 0.2) is 116 Å². The second-order valence-corrected chi connectivity index (χ2v) is 11.4. The highest BCUT2D eigenvalue weighted by Crippen LogP contribution is 2.39. The van der Waals surface area contributed by atoms with Crippen LogP contribution in [0.4, 0.5) is 5.69 Å². The molecule has 4 atom stereocenters. The lowest BCUT2D eigenvalue weighted by molar-refractivity contribution is -0.253. The molecule has 1 amide bonds. The number of nitrogens with one attached hydrogen (secondary N) is 1. The molecule has 4 aromatic carbocycles. The number of aromatic nitrogens is 1. The first-order chi connectivity index (χ1) is 21.5. The van der Waals surface area contributed by atoms with Gasteiger partial charge in [0.15, 0.2) is 6.29 Å². The maximum Gasteiger partial charge on any atom is 0.257 e. The molecule has 0 spiro atoms. The number of pyridine rings is 1. The number of hydrogen-bond acceptors (Lipinski definition) is 6. The van der Waals surface area contributed by atoms with Crippen molar-refractivity contribution in [2.24, 2.45) is 0 Å². The molecule has 0 saturated carbocycles. The number of aliphatic hydroxyl groups excluding tert-OH is 1. The number of amides is 1. The normalized spacial score (nSPS) is 19.1. The molecule has 1 saturated heterocycles. The highest BCUT2D eigenvalue weighted by molar-refractivity contribution is 6.04. The van der Waals surface area contributed by atoms with Crippen LogP contribution in [-0.4, -0.2) is 40.6 Å². The molecular weight excluding hydrogens is 550 g/mol. The number of benzene rings is 4. The minimum absolute atomic E-state index is 0.00479. The van der Waals surface area contributed by atoms with Crippen LogP contribution in [0.3, 0.4) is 0 Å². The highest BCUT2D eigenvalue weighted by atomic mass is 16.7. The van der Waals surface area contributed by atoms with Crippen LogP contribution in [0, 0.1) is 0 Å². The van der Waals surface area contributed by atoms with Gasteiger partial charge in [-0.15, -0.1) is 0 Å². The maximum atomic E-state index is 12.8. The lowest BCUT2D eigenvalue weighted by Crippen LogP contribution is -2.38. The Balaban J connectivity index is 1.22. The van der Waals surface area contributed by atoms with Gasteiger partial charge >= 0.3 is 0 Å². The summed E-state index contributed by atoms with van der Waals surface area (Å²) in [5, 5.41) is 15.0. The molecule has 7 heteroatoms. The fourth-order valence-electron chi connectivity index (χ4n) is 5.70. The number of rotatable bonds is 9. The third-order valence-electron chi connectivity index (χ3n) is 8.36. The van der Waals surface area contributed by atoms with Crippen molar-refractivity contribution in [1.29, 1.82) is 0 Å². The number of likely N-dealkylation sites (N-methyl/N-ethyl adjacent to an activating group) is 1. The highest BCUT2D eigenvalue weighted by Gasteiger charge is 2.33. The number of ether oxygens (including phenoxy) is 2. The summed E-state index contributed by atoms with van der Waals surface area (Å²) >= 11 is 0. The van der Waals surface area contributed by atoms with Gasteiger partial charge in [0.1, 0.15) is 0 Å². The van der Waals surface area contributed by atoms with E-state index in [9.17, 15) is 9.90 Å². The second-order valence-electron chi connectivity index (χ2n) is 11.4. The maximum absolute atomic E-state index is 12.8. The van der Waals surface area contributed by atoms with Crippen LogP contribution >= 0.6 is 0 Å². The number of carbonyl (C=O) groups is 1. The molecule has 6 rings (SSSR count). The summed E-state index contributed by atoms with van der Waals surface area (Å²) in [5.74, 6) is -0.232. The van der Waals surface area contributed by atoms with Crippen molar-refractivity contribution in [2.75, 3.05) is 18.9 Å². The van der Waals surface area contributed by atoms with Gasteiger partial charge in [0.2, 0.25) is 0 Å². The van der Waals surface area contributed by atoms with Gasteiger partial charge in [-0.2, -0.15) is 0 Å². The molecule has 44 heavy (non-hydrogen) atoms. The van der Waals surface area contributed by atoms with Gasteiger partial charge in [-0.1, -0.05) is 72.8 Å². The van der Waals surface area contributed by atoms with E-state index in [0.717, 1.165) is 16.7 Å². The fourth-order valence-corrected chi connectivity index (χ4v) is 5.70. The lowest BCUT2D eigenvalue weighted by atomic mass is 9.98. The summed E-state index contributed by atoms with van der Waals surface area (Å²) in [5.41, 5.74) is 5.10. The number of anilines is 1. The molecule has 1 aliphatic rings. The Morgan fingerprint density at radius 3 is 2.52 bits per heavy atom. The number of hydrogen-bond donors (Lipinski definition) is 2. The van der Waals surface area contributed by atoms with Gasteiger partial charge in [-0.05, 0) is 71.8 Å². The van der Waals surface area contributed by atoms with Crippen molar-refractivity contribution in [2.45, 2.75) is 44.5 Å². The van der Waals surface area contributed by atoms with E-state index in [1.807, 2.05) is 48.5 Å². The Labute approximate surface area is 258 Å². The number of carbonyl (C=O) groups excluding carboxylic acids is 1. The van der Waals surface area contributed by atoms with Crippen molar-refractivity contribution in [3.05, 3.63) is 143 Å². The zero-order valence-electron chi connectivity index (χ0n) is 25.0. The minimum Gasteiger partial charge on any atom is -0.392 e. The van der Waals surface area contributed by atoms with Crippen LogP contribution in [-0.2, 0) is 16.1 Å². The number of aliphatic hydroxyl groups is 1. The van der Waals surface area contributed by atoms with Crippen LogP contribution < -0.4 is 5.32 Å². The number of fused-ring (bicyclic) bond motifs is 1.